The van der Waals surface area contributed by atoms with Gasteiger partial charge in [0.15, 0.2) is 0 Å². The number of aliphatic hydroxyl groups is 1. The third-order valence-electron chi connectivity index (χ3n) is 1.96. The minimum Gasteiger partial charge on any atom is -0.394 e. The largest absolute Gasteiger partial charge is 0.394 e. The lowest BCUT2D eigenvalue weighted by Gasteiger charge is -2.16. The van der Waals surface area contributed by atoms with Crippen molar-refractivity contribution in [2.24, 2.45) is 11.7 Å². The summed E-state index contributed by atoms with van der Waals surface area (Å²) in [5, 5.41) is 11.3. The molecule has 4 N–H and O–H groups in total. The minimum absolute atomic E-state index is 0.0390. The van der Waals surface area contributed by atoms with E-state index in [4.69, 9.17) is 10.8 Å². The van der Waals surface area contributed by atoms with E-state index in [0.29, 0.717) is 12.3 Å². The average Bonchev–Trinajstić information content (AvgIpc) is 2.03. The molecule has 0 fully saturated rings. The van der Waals surface area contributed by atoms with E-state index in [9.17, 15) is 4.79 Å². The fourth-order valence-electron chi connectivity index (χ4n) is 0.829. The third-order valence-corrected chi connectivity index (χ3v) is 1.96. The zero-order valence-electron chi connectivity index (χ0n) is 8.58. The van der Waals surface area contributed by atoms with Crippen LogP contribution >= 0.6 is 0 Å². The van der Waals surface area contributed by atoms with Crippen molar-refractivity contribution in [3.63, 3.8) is 0 Å². The Kier molecular flexibility index (Phi) is 5.66. The second kappa shape index (κ2) is 5.94. The molecular formula is C9H20N2O2. The topological polar surface area (TPSA) is 75.3 Å². The highest BCUT2D eigenvalue weighted by molar-refractivity contribution is 5.76. The van der Waals surface area contributed by atoms with E-state index in [1.165, 1.54) is 0 Å². The zero-order valence-corrected chi connectivity index (χ0v) is 8.58. The van der Waals surface area contributed by atoms with E-state index in [1.54, 1.807) is 6.92 Å². The van der Waals surface area contributed by atoms with Crippen LogP contribution in [0.5, 0.6) is 0 Å². The molecular weight excluding hydrogens is 168 g/mol. The number of carbonyl (C=O) groups is 1. The number of nitrogens with two attached hydrogens (primary N) is 1. The van der Waals surface area contributed by atoms with Gasteiger partial charge in [0.2, 0.25) is 5.91 Å². The van der Waals surface area contributed by atoms with Crippen LogP contribution in [0.3, 0.4) is 0 Å². The van der Waals surface area contributed by atoms with Crippen LogP contribution in [0.25, 0.3) is 0 Å². The first kappa shape index (κ1) is 12.4. The molecule has 0 rings (SSSR count). The second-order valence-electron chi connectivity index (χ2n) is 3.76. The molecule has 2 unspecified atom stereocenters. The molecule has 4 nitrogen and oxygen atoms in total. The summed E-state index contributed by atoms with van der Waals surface area (Å²) in [6, 6.07) is -0.294. The van der Waals surface area contributed by atoms with Crippen LogP contribution in [0.2, 0.25) is 0 Å². The molecule has 0 heterocycles. The van der Waals surface area contributed by atoms with Crippen LogP contribution < -0.4 is 11.1 Å². The Balaban J connectivity index is 3.74. The monoisotopic (exact) mass is 188 g/mol. The second-order valence-corrected chi connectivity index (χ2v) is 3.76. The van der Waals surface area contributed by atoms with Crippen LogP contribution in [0, 0.1) is 5.92 Å². The first-order valence-electron chi connectivity index (χ1n) is 4.63. The molecule has 13 heavy (non-hydrogen) atoms. The fraction of sp³-hybridized carbons (Fsp3) is 0.889. The van der Waals surface area contributed by atoms with Crippen molar-refractivity contribution in [1.82, 2.24) is 5.32 Å². The lowest BCUT2D eigenvalue weighted by Crippen LogP contribution is -2.40. The van der Waals surface area contributed by atoms with Crippen molar-refractivity contribution in [3.8, 4) is 0 Å². The zero-order chi connectivity index (χ0) is 10.4. The molecule has 0 saturated heterocycles. The van der Waals surface area contributed by atoms with Gasteiger partial charge in [-0.2, -0.15) is 0 Å². The summed E-state index contributed by atoms with van der Waals surface area (Å²) >= 11 is 0. The third kappa shape index (κ3) is 5.60. The summed E-state index contributed by atoms with van der Waals surface area (Å²) in [6.45, 7) is 5.67. The highest BCUT2D eigenvalue weighted by atomic mass is 16.3. The van der Waals surface area contributed by atoms with E-state index in [2.05, 4.69) is 5.32 Å². The Hall–Kier alpha value is -0.610. The number of nitrogens with one attached hydrogen (secondary N) is 1. The fourth-order valence-corrected chi connectivity index (χ4v) is 0.829. The molecule has 1 amide bonds. The Morgan fingerprint density at radius 3 is 2.38 bits per heavy atom. The smallest absolute Gasteiger partial charge is 0.221 e. The van der Waals surface area contributed by atoms with Crippen molar-refractivity contribution in [1.29, 1.82) is 0 Å². The van der Waals surface area contributed by atoms with E-state index in [1.807, 2.05) is 13.8 Å². The van der Waals surface area contributed by atoms with Crippen LogP contribution in [-0.4, -0.2) is 29.7 Å². The Morgan fingerprint density at radius 1 is 1.46 bits per heavy atom. The molecule has 0 aliphatic carbocycles. The standard InChI is InChI=1S/C9H20N2O2/c1-6(2)8(10)4-9(13)11-7(3)5-12/h6-8,12H,4-5,10H2,1-3H3,(H,11,13). The van der Waals surface area contributed by atoms with Gasteiger partial charge in [0, 0.05) is 18.5 Å². The Labute approximate surface area is 79.5 Å². The average molecular weight is 188 g/mol. The number of carbonyl (C=O) groups excluding carboxylic acids is 1. The number of rotatable bonds is 5. The van der Waals surface area contributed by atoms with E-state index in [-0.39, 0.29) is 24.6 Å². The van der Waals surface area contributed by atoms with Gasteiger partial charge in [-0.25, -0.2) is 0 Å². The summed E-state index contributed by atoms with van der Waals surface area (Å²) in [6.07, 6.45) is 0.321. The van der Waals surface area contributed by atoms with Crippen molar-refractivity contribution in [2.45, 2.75) is 39.3 Å². The lowest BCUT2D eigenvalue weighted by atomic mass is 10.0. The van der Waals surface area contributed by atoms with Crippen LogP contribution in [0.4, 0.5) is 0 Å². The Bertz CT molecular complexity index is 160. The molecule has 0 radical (unpaired) electrons. The maximum atomic E-state index is 11.2. The molecule has 0 bridgehead atoms. The molecule has 0 spiro atoms. The molecule has 0 aromatic carbocycles. The number of hydrogen-bond acceptors (Lipinski definition) is 3. The van der Waals surface area contributed by atoms with Crippen LogP contribution in [0.1, 0.15) is 27.2 Å². The van der Waals surface area contributed by atoms with Crippen LogP contribution in [0.15, 0.2) is 0 Å². The SMILES string of the molecule is CC(CO)NC(=O)CC(N)C(C)C. The summed E-state index contributed by atoms with van der Waals surface area (Å²) in [7, 11) is 0. The highest BCUT2D eigenvalue weighted by Crippen LogP contribution is 2.02. The number of amides is 1. The van der Waals surface area contributed by atoms with Gasteiger partial charge in [0.25, 0.3) is 0 Å². The predicted molar refractivity (Wildman–Crippen MR) is 52.1 cm³/mol. The molecule has 0 aromatic heterocycles. The maximum absolute atomic E-state index is 11.2. The molecule has 0 aromatic rings. The van der Waals surface area contributed by atoms with Gasteiger partial charge in [-0.3, -0.25) is 4.79 Å². The number of aliphatic hydroxyl groups excluding tert-OH is 1. The van der Waals surface area contributed by atoms with Gasteiger partial charge < -0.3 is 16.2 Å². The van der Waals surface area contributed by atoms with Gasteiger partial charge in [0.1, 0.15) is 0 Å². The van der Waals surface area contributed by atoms with Crippen molar-refractivity contribution in [2.75, 3.05) is 6.61 Å². The predicted octanol–water partition coefficient (Wildman–Crippen LogP) is -0.143. The Morgan fingerprint density at radius 2 is 2.00 bits per heavy atom. The summed E-state index contributed by atoms with van der Waals surface area (Å²) in [5.41, 5.74) is 5.71. The van der Waals surface area contributed by atoms with E-state index < -0.39 is 0 Å². The molecule has 78 valence electrons. The normalized spacial score (nSPS) is 15.5. The summed E-state index contributed by atoms with van der Waals surface area (Å²) in [5.74, 6) is 0.206. The van der Waals surface area contributed by atoms with Gasteiger partial charge in [-0.1, -0.05) is 13.8 Å². The van der Waals surface area contributed by atoms with Crippen molar-refractivity contribution >= 4 is 5.91 Å². The first-order valence-corrected chi connectivity index (χ1v) is 4.63. The van der Waals surface area contributed by atoms with Gasteiger partial charge in [0.05, 0.1) is 6.61 Å². The molecule has 4 heteroatoms. The van der Waals surface area contributed by atoms with Crippen molar-refractivity contribution < 1.29 is 9.90 Å². The number of hydrogen-bond donors (Lipinski definition) is 3. The molecule has 0 aliphatic rings. The first-order chi connectivity index (χ1) is 5.97. The molecule has 2 atom stereocenters. The van der Waals surface area contributed by atoms with Crippen molar-refractivity contribution in [3.05, 3.63) is 0 Å². The molecule has 0 saturated carbocycles. The highest BCUT2D eigenvalue weighted by Gasteiger charge is 2.13. The lowest BCUT2D eigenvalue weighted by molar-refractivity contribution is -0.122. The van der Waals surface area contributed by atoms with E-state index in [0.717, 1.165) is 0 Å². The minimum atomic E-state index is -0.188. The van der Waals surface area contributed by atoms with Crippen LogP contribution in [-0.2, 0) is 4.79 Å². The summed E-state index contributed by atoms with van der Waals surface area (Å²) < 4.78 is 0. The van der Waals surface area contributed by atoms with Gasteiger partial charge >= 0.3 is 0 Å². The molecule has 0 aliphatic heterocycles. The van der Waals surface area contributed by atoms with Gasteiger partial charge in [-0.05, 0) is 12.8 Å². The quantitative estimate of drug-likeness (QED) is 0.562. The maximum Gasteiger partial charge on any atom is 0.221 e. The van der Waals surface area contributed by atoms with E-state index >= 15 is 0 Å². The summed E-state index contributed by atoms with van der Waals surface area (Å²) in [4.78, 5) is 11.2. The van der Waals surface area contributed by atoms with Gasteiger partial charge in [-0.15, -0.1) is 0 Å².